The zero-order valence-corrected chi connectivity index (χ0v) is 13.2. The number of nitrogens with two attached hydrogens (primary N) is 1. The first kappa shape index (κ1) is 15.4. The number of nitrogens with zero attached hydrogens (tertiary/aromatic N) is 2. The molecule has 21 heavy (non-hydrogen) atoms. The van der Waals surface area contributed by atoms with E-state index in [0.29, 0.717) is 17.4 Å². The lowest BCUT2D eigenvalue weighted by Gasteiger charge is -2.25. The Morgan fingerprint density at radius 2 is 2.05 bits per heavy atom. The van der Waals surface area contributed by atoms with Crippen LogP contribution in [0, 0.1) is 19.7 Å². The maximum Gasteiger partial charge on any atom is 0.143 e. The maximum absolute atomic E-state index is 13.5. The van der Waals surface area contributed by atoms with Crippen LogP contribution < -0.4 is 10.6 Å². The van der Waals surface area contributed by atoms with E-state index in [1.807, 2.05) is 37.8 Å². The van der Waals surface area contributed by atoms with E-state index in [2.05, 4.69) is 4.98 Å². The van der Waals surface area contributed by atoms with E-state index in [0.717, 1.165) is 22.5 Å². The highest BCUT2D eigenvalue weighted by molar-refractivity contribution is 7.80. The van der Waals surface area contributed by atoms with Gasteiger partial charge in [0.15, 0.2) is 0 Å². The molecule has 0 aliphatic rings. The smallest absolute Gasteiger partial charge is 0.143 e. The number of thiocarbonyl (C=S) groups is 1. The van der Waals surface area contributed by atoms with Crippen LogP contribution in [-0.4, -0.2) is 16.5 Å². The number of rotatable bonds is 4. The Morgan fingerprint density at radius 1 is 1.33 bits per heavy atom. The highest BCUT2D eigenvalue weighted by atomic mass is 32.1. The summed E-state index contributed by atoms with van der Waals surface area (Å²) in [7, 11) is 0. The lowest BCUT2D eigenvalue weighted by atomic mass is 10.1. The molecule has 0 spiro atoms. The number of halogens is 1. The lowest BCUT2D eigenvalue weighted by molar-refractivity contribution is 0.627. The zero-order valence-electron chi connectivity index (χ0n) is 12.4. The van der Waals surface area contributed by atoms with Gasteiger partial charge in [-0.15, -0.1) is 0 Å². The molecule has 1 aromatic heterocycles. The number of pyridine rings is 1. The molecule has 0 aliphatic heterocycles. The Bertz CT molecular complexity index is 685. The standard InChI is InChI=1S/C16H18FN3S/c1-4-20(13-7-5-6-12(17)9-13)16-14(15(18)21)10(2)8-11(3)19-16/h5-9H,4H2,1-3H3,(H2,18,21). The van der Waals surface area contributed by atoms with Crippen molar-refractivity contribution in [2.24, 2.45) is 5.73 Å². The van der Waals surface area contributed by atoms with Crippen molar-refractivity contribution in [2.45, 2.75) is 20.8 Å². The highest BCUT2D eigenvalue weighted by Gasteiger charge is 2.18. The lowest BCUT2D eigenvalue weighted by Crippen LogP contribution is -2.24. The van der Waals surface area contributed by atoms with E-state index < -0.39 is 0 Å². The summed E-state index contributed by atoms with van der Waals surface area (Å²) in [4.78, 5) is 6.78. The van der Waals surface area contributed by atoms with Gasteiger partial charge in [0.05, 0.1) is 5.56 Å². The fraction of sp³-hybridized carbons (Fsp3) is 0.250. The predicted octanol–water partition coefficient (Wildman–Crippen LogP) is 3.63. The van der Waals surface area contributed by atoms with Gasteiger partial charge in [-0.1, -0.05) is 18.3 Å². The number of aryl methyl sites for hydroxylation is 2. The van der Waals surface area contributed by atoms with Crippen LogP contribution in [0.2, 0.25) is 0 Å². The largest absolute Gasteiger partial charge is 0.389 e. The summed E-state index contributed by atoms with van der Waals surface area (Å²) in [5, 5.41) is 0. The van der Waals surface area contributed by atoms with Crippen LogP contribution in [-0.2, 0) is 0 Å². The highest BCUT2D eigenvalue weighted by Crippen LogP contribution is 2.29. The van der Waals surface area contributed by atoms with Gasteiger partial charge in [0.1, 0.15) is 16.6 Å². The molecule has 3 nitrogen and oxygen atoms in total. The molecule has 0 atom stereocenters. The number of benzene rings is 1. The number of aromatic nitrogens is 1. The Balaban J connectivity index is 2.65. The minimum Gasteiger partial charge on any atom is -0.389 e. The Labute approximate surface area is 129 Å². The summed E-state index contributed by atoms with van der Waals surface area (Å²) >= 11 is 5.16. The van der Waals surface area contributed by atoms with Crippen LogP contribution in [0.15, 0.2) is 30.3 Å². The Kier molecular flexibility index (Phi) is 4.53. The van der Waals surface area contributed by atoms with Crippen molar-refractivity contribution in [1.29, 1.82) is 0 Å². The van der Waals surface area contributed by atoms with E-state index in [4.69, 9.17) is 18.0 Å². The zero-order chi connectivity index (χ0) is 15.6. The predicted molar refractivity (Wildman–Crippen MR) is 88.7 cm³/mol. The molecule has 0 saturated carbocycles. The molecule has 0 fully saturated rings. The van der Waals surface area contributed by atoms with E-state index in [1.165, 1.54) is 12.1 Å². The molecule has 2 N–H and O–H groups in total. The Morgan fingerprint density at radius 3 is 2.62 bits per heavy atom. The molecular formula is C16H18FN3S. The van der Waals surface area contributed by atoms with Crippen LogP contribution >= 0.6 is 12.2 Å². The van der Waals surface area contributed by atoms with Crippen molar-refractivity contribution < 1.29 is 4.39 Å². The topological polar surface area (TPSA) is 42.2 Å². The third kappa shape index (κ3) is 3.19. The number of anilines is 2. The Hall–Kier alpha value is -2.01. The van der Waals surface area contributed by atoms with Gasteiger partial charge in [-0.25, -0.2) is 9.37 Å². The second-order valence-corrected chi connectivity index (χ2v) is 5.31. The average molecular weight is 303 g/mol. The third-order valence-electron chi connectivity index (χ3n) is 3.26. The molecule has 5 heteroatoms. The molecule has 0 unspecified atom stereocenters. The van der Waals surface area contributed by atoms with Crippen LogP contribution in [0.5, 0.6) is 0 Å². The van der Waals surface area contributed by atoms with Crippen molar-refractivity contribution in [3.63, 3.8) is 0 Å². The number of hydrogen-bond donors (Lipinski definition) is 1. The first-order chi connectivity index (χ1) is 9.93. The van der Waals surface area contributed by atoms with Gasteiger partial charge >= 0.3 is 0 Å². The summed E-state index contributed by atoms with van der Waals surface area (Å²) in [6, 6.07) is 8.36. The van der Waals surface area contributed by atoms with Crippen LogP contribution in [0.3, 0.4) is 0 Å². The van der Waals surface area contributed by atoms with E-state index in [9.17, 15) is 4.39 Å². The summed E-state index contributed by atoms with van der Waals surface area (Å²) in [5.41, 5.74) is 9.17. The molecule has 2 rings (SSSR count). The van der Waals surface area contributed by atoms with Crippen molar-refractivity contribution >= 4 is 28.7 Å². The van der Waals surface area contributed by atoms with Gasteiger partial charge in [0.2, 0.25) is 0 Å². The monoisotopic (exact) mass is 303 g/mol. The summed E-state index contributed by atoms with van der Waals surface area (Å²) in [5.74, 6) is 0.389. The second-order valence-electron chi connectivity index (χ2n) is 4.87. The maximum atomic E-state index is 13.5. The summed E-state index contributed by atoms with van der Waals surface area (Å²) < 4.78 is 13.5. The van der Waals surface area contributed by atoms with E-state index in [-0.39, 0.29) is 5.82 Å². The van der Waals surface area contributed by atoms with E-state index >= 15 is 0 Å². The molecule has 0 amide bonds. The van der Waals surface area contributed by atoms with Gasteiger partial charge in [0, 0.05) is 17.9 Å². The molecular weight excluding hydrogens is 285 g/mol. The normalized spacial score (nSPS) is 10.5. The minimum absolute atomic E-state index is 0.285. The van der Waals surface area contributed by atoms with Crippen molar-refractivity contribution in [3.8, 4) is 0 Å². The molecule has 0 bridgehead atoms. The minimum atomic E-state index is -0.285. The van der Waals surface area contributed by atoms with Gasteiger partial charge < -0.3 is 10.6 Å². The molecule has 0 aliphatic carbocycles. The molecule has 1 aromatic carbocycles. The molecule has 2 aromatic rings. The van der Waals surface area contributed by atoms with Crippen LogP contribution in [0.4, 0.5) is 15.9 Å². The fourth-order valence-corrected chi connectivity index (χ4v) is 2.67. The van der Waals surface area contributed by atoms with Gasteiger partial charge in [-0.05, 0) is 50.6 Å². The summed E-state index contributed by atoms with van der Waals surface area (Å²) in [6.07, 6.45) is 0. The number of hydrogen-bond acceptors (Lipinski definition) is 3. The average Bonchev–Trinajstić information content (AvgIpc) is 2.38. The fourth-order valence-electron chi connectivity index (χ4n) is 2.42. The molecule has 1 heterocycles. The first-order valence-corrected chi connectivity index (χ1v) is 7.16. The van der Waals surface area contributed by atoms with Crippen molar-refractivity contribution in [2.75, 3.05) is 11.4 Å². The van der Waals surface area contributed by atoms with Crippen LogP contribution in [0.25, 0.3) is 0 Å². The van der Waals surface area contributed by atoms with Crippen LogP contribution in [0.1, 0.15) is 23.7 Å². The van der Waals surface area contributed by atoms with Gasteiger partial charge in [-0.2, -0.15) is 0 Å². The third-order valence-corrected chi connectivity index (χ3v) is 3.47. The molecule has 0 saturated heterocycles. The van der Waals surface area contributed by atoms with E-state index in [1.54, 1.807) is 6.07 Å². The molecule has 0 radical (unpaired) electrons. The van der Waals surface area contributed by atoms with Crippen molar-refractivity contribution in [3.05, 3.63) is 53.0 Å². The SMILES string of the molecule is CCN(c1cccc(F)c1)c1nc(C)cc(C)c1C(N)=S. The first-order valence-electron chi connectivity index (χ1n) is 6.75. The quantitative estimate of drug-likeness (QED) is 0.876. The molecule has 110 valence electrons. The second kappa shape index (κ2) is 6.18. The van der Waals surface area contributed by atoms with Crippen molar-refractivity contribution in [1.82, 2.24) is 4.98 Å². The van der Waals surface area contributed by atoms with Gasteiger partial charge in [0.25, 0.3) is 0 Å². The van der Waals surface area contributed by atoms with Gasteiger partial charge in [-0.3, -0.25) is 0 Å². The summed E-state index contributed by atoms with van der Waals surface area (Å²) in [6.45, 7) is 6.48.